The minimum Gasteiger partial charge on any atom is -0.385 e. The van der Waals surface area contributed by atoms with Crippen LogP contribution in [0, 0.1) is 5.92 Å². The minimum atomic E-state index is 0.785. The molecule has 1 aliphatic heterocycles. The molecule has 0 radical (unpaired) electrons. The standard InChI is InChI=1S/C13H16ClN/c14-10-4-5-12-11(9-2-1-3-9)6-7-15-13(12)8-10/h4-5,8-9,11,15H,1-3,6-7H2. The third kappa shape index (κ3) is 1.63. The highest BCUT2D eigenvalue weighted by Gasteiger charge is 2.31. The lowest BCUT2D eigenvalue weighted by Crippen LogP contribution is -2.26. The van der Waals surface area contributed by atoms with E-state index in [0.717, 1.165) is 23.4 Å². The largest absolute Gasteiger partial charge is 0.385 e. The van der Waals surface area contributed by atoms with Gasteiger partial charge in [0.15, 0.2) is 0 Å². The second-order valence-electron chi connectivity index (χ2n) is 4.74. The van der Waals surface area contributed by atoms with Gasteiger partial charge in [0.25, 0.3) is 0 Å². The van der Waals surface area contributed by atoms with Crippen LogP contribution >= 0.6 is 11.6 Å². The molecule has 3 rings (SSSR count). The van der Waals surface area contributed by atoms with Gasteiger partial charge in [-0.3, -0.25) is 0 Å². The zero-order chi connectivity index (χ0) is 10.3. The van der Waals surface area contributed by atoms with Crippen molar-refractivity contribution < 1.29 is 0 Å². The molecule has 1 unspecified atom stereocenters. The van der Waals surface area contributed by atoms with Crippen LogP contribution in [-0.2, 0) is 0 Å². The molecule has 1 aromatic carbocycles. The number of rotatable bonds is 1. The summed E-state index contributed by atoms with van der Waals surface area (Å²) < 4.78 is 0. The van der Waals surface area contributed by atoms with Crippen molar-refractivity contribution in [3.63, 3.8) is 0 Å². The number of nitrogens with one attached hydrogen (secondary N) is 1. The van der Waals surface area contributed by atoms with Crippen molar-refractivity contribution >= 4 is 17.3 Å². The van der Waals surface area contributed by atoms with E-state index in [0.29, 0.717) is 0 Å². The molecule has 1 heterocycles. The molecule has 0 aromatic heterocycles. The maximum absolute atomic E-state index is 6.01. The van der Waals surface area contributed by atoms with Crippen LogP contribution < -0.4 is 5.32 Å². The Kier molecular flexibility index (Phi) is 2.36. The molecule has 1 saturated carbocycles. The van der Waals surface area contributed by atoms with E-state index < -0.39 is 0 Å². The summed E-state index contributed by atoms with van der Waals surface area (Å²) in [5.74, 6) is 1.72. The molecular formula is C13H16ClN. The van der Waals surface area contributed by atoms with Gasteiger partial charge >= 0.3 is 0 Å². The average molecular weight is 222 g/mol. The summed E-state index contributed by atoms with van der Waals surface area (Å²) >= 11 is 6.01. The van der Waals surface area contributed by atoms with Crippen LogP contribution in [0.4, 0.5) is 5.69 Å². The first kappa shape index (κ1) is 9.53. The number of fused-ring (bicyclic) bond motifs is 1. The molecule has 1 N–H and O–H groups in total. The number of hydrogen-bond acceptors (Lipinski definition) is 1. The molecule has 0 saturated heterocycles. The maximum atomic E-state index is 6.01. The van der Waals surface area contributed by atoms with Gasteiger partial charge in [-0.25, -0.2) is 0 Å². The van der Waals surface area contributed by atoms with Crippen LogP contribution in [0.2, 0.25) is 5.02 Å². The highest BCUT2D eigenvalue weighted by Crippen LogP contribution is 2.45. The highest BCUT2D eigenvalue weighted by atomic mass is 35.5. The van der Waals surface area contributed by atoms with Crippen molar-refractivity contribution in [3.05, 3.63) is 28.8 Å². The Balaban J connectivity index is 1.95. The van der Waals surface area contributed by atoms with Gasteiger partial charge in [-0.05, 0) is 48.8 Å². The van der Waals surface area contributed by atoms with Gasteiger partial charge in [-0.15, -0.1) is 0 Å². The molecule has 15 heavy (non-hydrogen) atoms. The maximum Gasteiger partial charge on any atom is 0.0426 e. The molecule has 0 amide bonds. The Bertz CT molecular complexity index is 371. The van der Waals surface area contributed by atoms with Crippen molar-refractivity contribution in [2.45, 2.75) is 31.6 Å². The normalized spacial score (nSPS) is 25.3. The number of benzene rings is 1. The Morgan fingerprint density at radius 3 is 2.80 bits per heavy atom. The Morgan fingerprint density at radius 2 is 2.07 bits per heavy atom. The van der Waals surface area contributed by atoms with Crippen molar-refractivity contribution in [2.75, 3.05) is 11.9 Å². The Morgan fingerprint density at radius 1 is 1.20 bits per heavy atom. The molecule has 2 heteroatoms. The van der Waals surface area contributed by atoms with E-state index in [1.165, 1.54) is 36.9 Å². The SMILES string of the molecule is Clc1ccc2c(c1)NCCC2C1CCC1. The van der Waals surface area contributed by atoms with Crippen LogP contribution in [0.25, 0.3) is 0 Å². The summed E-state index contributed by atoms with van der Waals surface area (Å²) in [6, 6.07) is 6.31. The van der Waals surface area contributed by atoms with Crippen LogP contribution in [-0.4, -0.2) is 6.54 Å². The highest BCUT2D eigenvalue weighted by molar-refractivity contribution is 6.30. The van der Waals surface area contributed by atoms with Crippen LogP contribution in [0.15, 0.2) is 18.2 Å². The van der Waals surface area contributed by atoms with E-state index >= 15 is 0 Å². The predicted molar refractivity (Wildman–Crippen MR) is 64.6 cm³/mol. The average Bonchev–Trinajstić information content (AvgIpc) is 2.15. The Labute approximate surface area is 95.8 Å². The molecule has 0 bridgehead atoms. The molecule has 1 fully saturated rings. The first-order valence-electron chi connectivity index (χ1n) is 5.88. The topological polar surface area (TPSA) is 12.0 Å². The first-order chi connectivity index (χ1) is 7.34. The van der Waals surface area contributed by atoms with Gasteiger partial charge < -0.3 is 5.32 Å². The lowest BCUT2D eigenvalue weighted by atomic mass is 9.70. The summed E-state index contributed by atoms with van der Waals surface area (Å²) in [4.78, 5) is 0. The molecule has 1 aromatic rings. The van der Waals surface area contributed by atoms with Gasteiger partial charge in [-0.2, -0.15) is 0 Å². The minimum absolute atomic E-state index is 0.785. The fourth-order valence-corrected chi connectivity index (χ4v) is 3.03. The van der Waals surface area contributed by atoms with Gasteiger partial charge in [-0.1, -0.05) is 24.1 Å². The molecule has 2 aliphatic rings. The fraction of sp³-hybridized carbons (Fsp3) is 0.538. The molecule has 80 valence electrons. The molecular weight excluding hydrogens is 206 g/mol. The first-order valence-corrected chi connectivity index (χ1v) is 6.26. The second kappa shape index (κ2) is 3.71. The zero-order valence-corrected chi connectivity index (χ0v) is 9.56. The van der Waals surface area contributed by atoms with Crippen LogP contribution in [0.5, 0.6) is 0 Å². The van der Waals surface area contributed by atoms with Gasteiger partial charge in [0.05, 0.1) is 0 Å². The van der Waals surface area contributed by atoms with Gasteiger partial charge in [0.2, 0.25) is 0 Å². The van der Waals surface area contributed by atoms with Crippen molar-refractivity contribution in [1.29, 1.82) is 0 Å². The molecule has 0 spiro atoms. The predicted octanol–water partition coefficient (Wildman–Crippen LogP) is 4.04. The van der Waals surface area contributed by atoms with Crippen molar-refractivity contribution in [3.8, 4) is 0 Å². The quantitative estimate of drug-likeness (QED) is 0.755. The zero-order valence-electron chi connectivity index (χ0n) is 8.80. The fourth-order valence-electron chi connectivity index (χ4n) is 2.85. The molecule has 1 nitrogen and oxygen atoms in total. The van der Waals surface area contributed by atoms with E-state index in [4.69, 9.17) is 11.6 Å². The van der Waals surface area contributed by atoms with Crippen molar-refractivity contribution in [2.24, 2.45) is 5.92 Å². The van der Waals surface area contributed by atoms with Crippen LogP contribution in [0.1, 0.15) is 37.2 Å². The third-order valence-corrected chi connectivity index (χ3v) is 4.14. The summed E-state index contributed by atoms with van der Waals surface area (Å²) in [7, 11) is 0. The molecule has 1 aliphatic carbocycles. The summed E-state index contributed by atoms with van der Waals surface area (Å²) in [5.41, 5.74) is 2.76. The van der Waals surface area contributed by atoms with Gasteiger partial charge in [0, 0.05) is 17.3 Å². The van der Waals surface area contributed by atoms with E-state index in [9.17, 15) is 0 Å². The van der Waals surface area contributed by atoms with E-state index in [1.54, 1.807) is 0 Å². The van der Waals surface area contributed by atoms with Gasteiger partial charge in [0.1, 0.15) is 0 Å². The van der Waals surface area contributed by atoms with E-state index in [2.05, 4.69) is 17.4 Å². The Hall–Kier alpha value is -0.690. The summed E-state index contributed by atoms with van der Waals surface area (Å²) in [6.45, 7) is 1.11. The van der Waals surface area contributed by atoms with Crippen molar-refractivity contribution in [1.82, 2.24) is 0 Å². The molecule has 1 atom stereocenters. The number of hydrogen-bond donors (Lipinski definition) is 1. The summed E-state index contributed by atoms with van der Waals surface area (Å²) in [6.07, 6.45) is 5.57. The van der Waals surface area contributed by atoms with E-state index in [-0.39, 0.29) is 0 Å². The number of anilines is 1. The number of halogens is 1. The van der Waals surface area contributed by atoms with Crippen LogP contribution in [0.3, 0.4) is 0 Å². The van der Waals surface area contributed by atoms with E-state index in [1.807, 2.05) is 6.07 Å². The monoisotopic (exact) mass is 221 g/mol. The smallest absolute Gasteiger partial charge is 0.0426 e. The lowest BCUT2D eigenvalue weighted by molar-refractivity contribution is 0.252. The third-order valence-electron chi connectivity index (χ3n) is 3.90. The second-order valence-corrected chi connectivity index (χ2v) is 5.18. The lowest BCUT2D eigenvalue weighted by Gasteiger charge is -2.38. The summed E-state index contributed by atoms with van der Waals surface area (Å²) in [5, 5.41) is 4.30.